The van der Waals surface area contributed by atoms with Crippen molar-refractivity contribution < 1.29 is 68.9 Å². The van der Waals surface area contributed by atoms with E-state index < -0.39 is 40.2 Å². The van der Waals surface area contributed by atoms with Gasteiger partial charge in [0.2, 0.25) is 6.79 Å². The highest BCUT2D eigenvalue weighted by Gasteiger charge is 2.40. The molecule has 4 aromatic rings. The number of carboxylic acid groups (broad SMARTS) is 1. The van der Waals surface area contributed by atoms with Crippen molar-refractivity contribution in [3.63, 3.8) is 0 Å². The fourth-order valence-corrected chi connectivity index (χ4v) is 8.36. The molecule has 0 saturated carbocycles. The average molecular weight is 821 g/mol. The van der Waals surface area contributed by atoms with E-state index in [0.29, 0.717) is 41.2 Å². The Kier molecular flexibility index (Phi) is 12.6. The van der Waals surface area contributed by atoms with E-state index in [-0.39, 0.29) is 28.9 Å². The summed E-state index contributed by atoms with van der Waals surface area (Å²) in [7, 11) is -1.89. The third-order valence-electron chi connectivity index (χ3n) is 8.80. The molecule has 298 valence electrons. The first-order valence-corrected chi connectivity index (χ1v) is 19.2. The second-order valence-corrected chi connectivity index (χ2v) is 16.1. The molecule has 1 unspecified atom stereocenters. The van der Waals surface area contributed by atoms with Gasteiger partial charge in [-0.3, -0.25) is 4.79 Å². The number of nitrogens with two attached hydrogens (primary N) is 1. The number of alkyl halides is 3. The van der Waals surface area contributed by atoms with Crippen LogP contribution in [0.1, 0.15) is 29.5 Å². The number of ether oxygens (including phenoxy) is 2. The Morgan fingerprint density at radius 3 is 2.27 bits per heavy atom. The largest absolute Gasteiger partial charge is 0.508 e. The number of benzene rings is 3. The maximum absolute atomic E-state index is 14.2. The number of hydrogen-bond acceptors (Lipinski definition) is 10. The van der Waals surface area contributed by atoms with E-state index in [4.69, 9.17) is 29.3 Å². The van der Waals surface area contributed by atoms with Crippen LogP contribution in [0.15, 0.2) is 82.4 Å². The fourth-order valence-electron chi connectivity index (χ4n) is 6.24. The first-order valence-electron chi connectivity index (χ1n) is 17.0. The third-order valence-corrected chi connectivity index (χ3v) is 11.6. The normalized spacial score (nSPS) is 17.9. The maximum Gasteiger partial charge on any atom is 0.496 e. The predicted octanol–water partition coefficient (Wildman–Crippen LogP) is 5.41. The summed E-state index contributed by atoms with van der Waals surface area (Å²) >= 11 is 1.07. The van der Waals surface area contributed by atoms with Crippen LogP contribution in [0.2, 0.25) is 0 Å². The summed E-state index contributed by atoms with van der Waals surface area (Å²) in [5, 5.41) is 21.5. The third kappa shape index (κ3) is 10.8. The lowest BCUT2D eigenvalue weighted by atomic mass is 10.0. The Morgan fingerprint density at radius 1 is 1.02 bits per heavy atom. The Morgan fingerprint density at radius 2 is 1.66 bits per heavy atom. The summed E-state index contributed by atoms with van der Waals surface area (Å²) in [4.78, 5) is 36.2. The number of piperidine rings is 1. The zero-order valence-electron chi connectivity index (χ0n) is 30.1. The van der Waals surface area contributed by atoms with E-state index >= 15 is 0 Å². The van der Waals surface area contributed by atoms with Crippen molar-refractivity contribution in [1.29, 1.82) is 0 Å². The molecule has 14 nitrogen and oxygen atoms in total. The number of phenolic OH excluding ortho intramolecular Hbond substituents is 1. The number of aryl methyl sites for hydroxylation is 1. The van der Waals surface area contributed by atoms with E-state index in [9.17, 15) is 36.3 Å². The van der Waals surface area contributed by atoms with Gasteiger partial charge in [0, 0.05) is 24.8 Å². The van der Waals surface area contributed by atoms with E-state index in [1.807, 2.05) is 18.2 Å². The topological polar surface area (TPSA) is 195 Å². The summed E-state index contributed by atoms with van der Waals surface area (Å²) in [6.07, 6.45) is -3.60. The van der Waals surface area contributed by atoms with Gasteiger partial charge < -0.3 is 34.1 Å². The van der Waals surface area contributed by atoms with Gasteiger partial charge in [-0.25, -0.2) is 10.1 Å². The van der Waals surface area contributed by atoms with Crippen LogP contribution in [0.4, 0.5) is 23.7 Å². The van der Waals surface area contributed by atoms with Crippen LogP contribution in [0.25, 0.3) is 0 Å². The minimum atomic E-state index is -5.08. The molecule has 2 aliphatic rings. The van der Waals surface area contributed by atoms with Crippen LogP contribution in [0.5, 0.6) is 23.0 Å². The molecule has 1 saturated heterocycles. The summed E-state index contributed by atoms with van der Waals surface area (Å²) in [6, 6.07) is 18.2. The number of carbonyl (C=O) groups is 3. The smallest absolute Gasteiger partial charge is 0.496 e. The summed E-state index contributed by atoms with van der Waals surface area (Å²) in [5.41, 5.74) is 9.71. The quantitative estimate of drug-likeness (QED) is 0.0913. The summed E-state index contributed by atoms with van der Waals surface area (Å²) in [6.45, 7) is 3.97. The Hall–Kier alpha value is -5.66. The number of primary amides is 1. The van der Waals surface area contributed by atoms with Crippen molar-refractivity contribution in [3.05, 3.63) is 94.9 Å². The number of likely N-dealkylation sites (tertiary alicyclic amines) is 1. The average Bonchev–Trinajstić information content (AvgIpc) is 3.78. The predicted molar refractivity (Wildman–Crippen MR) is 198 cm³/mol. The van der Waals surface area contributed by atoms with Gasteiger partial charge in [0.05, 0.1) is 13.6 Å². The van der Waals surface area contributed by atoms with Gasteiger partial charge in [0.25, 0.3) is 5.91 Å². The fraction of sp³-hybridized carbons (Fsp3) is 0.297. The molecule has 3 aromatic carbocycles. The van der Waals surface area contributed by atoms with Crippen molar-refractivity contribution in [3.8, 4) is 23.0 Å². The van der Waals surface area contributed by atoms with Gasteiger partial charge in [0.1, 0.15) is 36.0 Å². The number of nitrogens with one attached hydrogen (secondary N) is 1. The number of nitrogens with zero attached hydrogens (tertiary/aromatic N) is 2. The molecule has 6 rings (SSSR count). The van der Waals surface area contributed by atoms with Crippen molar-refractivity contribution in [2.45, 2.75) is 49.2 Å². The zero-order chi connectivity index (χ0) is 40.8. The van der Waals surface area contributed by atoms with Crippen molar-refractivity contribution in [2.75, 3.05) is 32.2 Å². The first-order chi connectivity index (χ1) is 26.3. The van der Waals surface area contributed by atoms with E-state index in [1.54, 1.807) is 24.4 Å². The van der Waals surface area contributed by atoms with Gasteiger partial charge in [-0.1, -0.05) is 12.1 Å². The first kappa shape index (κ1) is 41.5. The highest BCUT2D eigenvalue weighted by Crippen LogP contribution is 2.34. The number of fused-ring (bicyclic) bond motifs is 1. The number of amides is 3. The molecule has 2 aliphatic heterocycles. The number of anilines is 1. The number of phenols is 1. The number of quaternary nitrogens is 1. The van der Waals surface area contributed by atoms with Crippen LogP contribution in [0.3, 0.4) is 0 Å². The summed E-state index contributed by atoms with van der Waals surface area (Å²) < 4.78 is 75.6. The maximum atomic E-state index is 14.2. The number of thiophene rings is 1. The van der Waals surface area contributed by atoms with Crippen molar-refractivity contribution in [2.24, 2.45) is 5.73 Å². The lowest BCUT2D eigenvalue weighted by molar-refractivity contribution is -0.918. The van der Waals surface area contributed by atoms with Crippen LogP contribution in [0, 0.1) is 6.92 Å². The molecule has 1 aromatic heterocycles. The van der Waals surface area contributed by atoms with Gasteiger partial charge in [-0.05, 0) is 84.1 Å². The number of halogens is 3. The van der Waals surface area contributed by atoms with Gasteiger partial charge in [-0.15, -0.1) is 11.3 Å². The highest BCUT2D eigenvalue weighted by molar-refractivity contribution is 7.89. The van der Waals surface area contributed by atoms with Gasteiger partial charge in [0.15, 0.2) is 21.8 Å². The lowest BCUT2D eigenvalue weighted by Crippen LogP contribution is -2.56. The molecular weight excluding hydrogens is 782 g/mol. The zero-order valence-corrected chi connectivity index (χ0v) is 31.7. The molecular formula is C37H39F3N4O10S2+2. The molecule has 19 heteroatoms. The molecule has 2 atom stereocenters. The lowest BCUT2D eigenvalue weighted by Gasteiger charge is -2.38. The molecule has 5 N–H and O–H groups in total. The number of urea groups is 1. The monoisotopic (exact) mass is 820 g/mol. The number of carbonyl (C=O) groups excluding carboxylic acids is 2. The van der Waals surface area contributed by atoms with Crippen LogP contribution >= 0.6 is 11.3 Å². The minimum absolute atomic E-state index is 0.0814. The minimum Gasteiger partial charge on any atom is -0.508 e. The summed E-state index contributed by atoms with van der Waals surface area (Å²) in [5.74, 6) is -1.86. The number of aromatic hydroxyl groups is 1. The molecule has 0 bridgehead atoms. The molecule has 3 amide bonds. The molecule has 0 radical (unpaired) electrons. The van der Waals surface area contributed by atoms with Crippen LogP contribution in [-0.2, 0) is 32.7 Å². The second-order valence-electron chi connectivity index (χ2n) is 13.4. The SMILES string of the molecule is Cc1csc(S(=O)(=O)Oc2ccc(NC(=O)/[N+](=C3\CCC[N+](C)(Cc4ccc5c(c4)OCO5)C3)[C@@H](Cc3ccc(O)cc3)C(N)=O)cc2)c1.O=C(O)C(F)(F)F. The Balaban J connectivity index is 0.000000784. The Bertz CT molecular complexity index is 2230. The number of rotatable bonds is 10. The molecule has 0 spiro atoms. The number of hydrogen-bond donors (Lipinski definition) is 4. The van der Waals surface area contributed by atoms with Crippen molar-refractivity contribution in [1.82, 2.24) is 0 Å². The van der Waals surface area contributed by atoms with Crippen molar-refractivity contribution >= 4 is 50.8 Å². The molecule has 3 heterocycles. The molecule has 1 fully saturated rings. The molecule has 56 heavy (non-hydrogen) atoms. The van der Waals surface area contributed by atoms with Crippen LogP contribution < -0.4 is 24.7 Å². The van der Waals surface area contributed by atoms with E-state index in [2.05, 4.69) is 12.4 Å². The Labute approximate surface area is 323 Å². The highest BCUT2D eigenvalue weighted by atomic mass is 32.3. The number of carboxylic acids is 1. The van der Waals surface area contributed by atoms with E-state index in [1.165, 1.54) is 47.0 Å². The standard InChI is InChI=1S/C35H36N4O8S2.C2HF3O2/c1-23-16-33(48-21-23)49(43,44)47-29-12-8-26(9-13-29)37-35(42)38(30(34(36)41)17-24-5-10-28(40)11-6-24)27-4-3-15-39(2,20-27)19-25-7-14-31-32(18-25)46-22-45-31;3-2(4,5)1(6)7/h5-14,16,18,21,30H,3-4,15,17,19-20,22H2,1-2H3,(H2-2,36,37,40,41,42);(H,6,7)/p+2/b38-27+;/t30-,39?;/m0./s1. The van der Waals surface area contributed by atoms with Gasteiger partial charge >= 0.3 is 28.3 Å². The second kappa shape index (κ2) is 17.0. The number of aliphatic carboxylic acids is 1. The van der Waals surface area contributed by atoms with Gasteiger partial charge in [-0.2, -0.15) is 31.0 Å². The molecule has 0 aliphatic carbocycles. The van der Waals surface area contributed by atoms with Crippen LogP contribution in [-0.4, -0.2) is 90.5 Å². The van der Waals surface area contributed by atoms with E-state index in [0.717, 1.165) is 46.7 Å².